The molecule has 0 aliphatic rings. The number of ether oxygens (including phenoxy) is 3. The van der Waals surface area contributed by atoms with E-state index < -0.39 is 0 Å². The Morgan fingerprint density at radius 2 is 1.42 bits per heavy atom. The summed E-state index contributed by atoms with van der Waals surface area (Å²) < 4.78 is 16.5. The average Bonchev–Trinajstić information content (AvgIpc) is 2.67. The van der Waals surface area contributed by atoms with Crippen LogP contribution >= 0.6 is 24.0 Å². The molecule has 0 amide bonds. The highest BCUT2D eigenvalue weighted by molar-refractivity contribution is 14.0. The zero-order valence-corrected chi connectivity index (χ0v) is 17.4. The molecular formula is C19H26IN3O3. The number of hydrogen-bond acceptors (Lipinski definition) is 4. The molecule has 0 aromatic heterocycles. The molecule has 0 bridgehead atoms. The zero-order chi connectivity index (χ0) is 17.7. The molecule has 0 saturated heterocycles. The second-order valence-corrected chi connectivity index (χ2v) is 5.11. The van der Waals surface area contributed by atoms with Gasteiger partial charge in [0.15, 0.2) is 5.96 Å². The van der Waals surface area contributed by atoms with Crippen LogP contribution in [0.3, 0.4) is 0 Å². The number of aliphatic imine (C=N–C) groups is 1. The molecule has 0 aliphatic carbocycles. The van der Waals surface area contributed by atoms with Crippen LogP contribution in [0, 0.1) is 0 Å². The highest BCUT2D eigenvalue weighted by Gasteiger charge is 1.99. The molecular weight excluding hydrogens is 445 g/mol. The van der Waals surface area contributed by atoms with Crippen molar-refractivity contribution in [2.24, 2.45) is 4.99 Å². The van der Waals surface area contributed by atoms with Crippen molar-refractivity contribution in [2.75, 3.05) is 40.5 Å². The first-order valence-electron chi connectivity index (χ1n) is 8.21. The first-order valence-corrected chi connectivity index (χ1v) is 8.21. The number of nitrogens with zero attached hydrogens (tertiary/aromatic N) is 1. The molecule has 0 aliphatic heterocycles. The number of methoxy groups -OCH3 is 1. The van der Waals surface area contributed by atoms with Gasteiger partial charge in [-0.2, -0.15) is 0 Å². The van der Waals surface area contributed by atoms with Crippen molar-refractivity contribution in [3.63, 3.8) is 0 Å². The minimum absolute atomic E-state index is 0. The van der Waals surface area contributed by atoms with Crippen molar-refractivity contribution in [1.29, 1.82) is 0 Å². The quantitative estimate of drug-likeness (QED) is 0.255. The molecule has 0 spiro atoms. The molecule has 2 aromatic rings. The second-order valence-electron chi connectivity index (χ2n) is 5.11. The van der Waals surface area contributed by atoms with Crippen LogP contribution in [0.2, 0.25) is 0 Å². The largest absolute Gasteiger partial charge is 0.497 e. The van der Waals surface area contributed by atoms with Gasteiger partial charge >= 0.3 is 0 Å². The molecule has 0 heterocycles. The van der Waals surface area contributed by atoms with Crippen molar-refractivity contribution in [3.05, 3.63) is 54.6 Å². The summed E-state index contributed by atoms with van der Waals surface area (Å²) in [6, 6.07) is 17.3. The van der Waals surface area contributed by atoms with E-state index in [9.17, 15) is 0 Å². The van der Waals surface area contributed by atoms with E-state index in [-0.39, 0.29) is 24.0 Å². The summed E-state index contributed by atoms with van der Waals surface area (Å²) in [7, 11) is 3.37. The van der Waals surface area contributed by atoms with Crippen molar-refractivity contribution in [1.82, 2.24) is 10.6 Å². The lowest BCUT2D eigenvalue weighted by Crippen LogP contribution is -2.40. The van der Waals surface area contributed by atoms with Crippen LogP contribution in [0.4, 0.5) is 0 Å². The number of benzene rings is 2. The zero-order valence-electron chi connectivity index (χ0n) is 15.1. The van der Waals surface area contributed by atoms with E-state index in [4.69, 9.17) is 14.2 Å². The van der Waals surface area contributed by atoms with Crippen molar-refractivity contribution in [3.8, 4) is 17.2 Å². The molecule has 0 fully saturated rings. The second kappa shape index (κ2) is 13.1. The Bertz CT molecular complexity index is 653. The van der Waals surface area contributed by atoms with Gasteiger partial charge in [0.25, 0.3) is 0 Å². The lowest BCUT2D eigenvalue weighted by Gasteiger charge is -2.13. The van der Waals surface area contributed by atoms with E-state index in [1.54, 1.807) is 14.2 Å². The monoisotopic (exact) mass is 471 g/mol. The fraction of sp³-hybridized carbons (Fsp3) is 0.316. The van der Waals surface area contributed by atoms with E-state index in [0.29, 0.717) is 32.3 Å². The van der Waals surface area contributed by atoms with E-state index in [1.165, 1.54) is 0 Å². The van der Waals surface area contributed by atoms with E-state index in [0.717, 1.165) is 17.2 Å². The third-order valence-corrected chi connectivity index (χ3v) is 3.33. The van der Waals surface area contributed by atoms with Crippen LogP contribution in [0.1, 0.15) is 0 Å². The smallest absolute Gasteiger partial charge is 0.191 e. The minimum Gasteiger partial charge on any atom is -0.497 e. The molecule has 26 heavy (non-hydrogen) atoms. The van der Waals surface area contributed by atoms with Gasteiger partial charge in [-0.1, -0.05) is 24.3 Å². The standard InChI is InChI=1S/C19H25N3O3.HI/c1-20-19(21-11-13-24-16-7-4-3-5-8-16)22-12-14-25-18-10-6-9-17(15-18)23-2;/h3-10,15H,11-14H2,1-2H3,(H2,20,21,22);1H. The Labute approximate surface area is 172 Å². The molecule has 142 valence electrons. The summed E-state index contributed by atoms with van der Waals surface area (Å²) >= 11 is 0. The Morgan fingerprint density at radius 3 is 2.04 bits per heavy atom. The van der Waals surface area contributed by atoms with Gasteiger partial charge in [0.1, 0.15) is 30.5 Å². The number of hydrogen-bond donors (Lipinski definition) is 2. The van der Waals surface area contributed by atoms with Crippen molar-refractivity contribution in [2.45, 2.75) is 0 Å². The number of halogens is 1. The SMILES string of the molecule is CN=C(NCCOc1ccccc1)NCCOc1cccc(OC)c1.I. The van der Waals surface area contributed by atoms with Gasteiger partial charge in [-0.25, -0.2) is 0 Å². The minimum atomic E-state index is 0. The third-order valence-electron chi connectivity index (χ3n) is 3.33. The van der Waals surface area contributed by atoms with Crippen molar-refractivity contribution < 1.29 is 14.2 Å². The maximum Gasteiger partial charge on any atom is 0.191 e. The molecule has 2 rings (SSSR count). The number of nitrogens with one attached hydrogen (secondary N) is 2. The first-order chi connectivity index (χ1) is 12.3. The highest BCUT2D eigenvalue weighted by atomic mass is 127. The molecule has 7 heteroatoms. The van der Waals surface area contributed by atoms with Gasteiger partial charge in [0.2, 0.25) is 0 Å². The first kappa shape index (κ1) is 21.9. The van der Waals surface area contributed by atoms with Gasteiger partial charge in [0.05, 0.1) is 20.2 Å². The topological polar surface area (TPSA) is 64.1 Å². The number of rotatable bonds is 9. The van der Waals surface area contributed by atoms with Gasteiger partial charge in [-0.3, -0.25) is 4.99 Å². The van der Waals surface area contributed by atoms with Gasteiger partial charge in [-0.15, -0.1) is 24.0 Å². The predicted molar refractivity (Wildman–Crippen MR) is 115 cm³/mol. The summed E-state index contributed by atoms with van der Waals surface area (Å²) in [5.41, 5.74) is 0. The highest BCUT2D eigenvalue weighted by Crippen LogP contribution is 2.18. The lowest BCUT2D eigenvalue weighted by molar-refractivity contribution is 0.315. The van der Waals surface area contributed by atoms with Gasteiger partial charge in [0, 0.05) is 13.1 Å². The van der Waals surface area contributed by atoms with Crippen LogP contribution in [0.25, 0.3) is 0 Å². The molecule has 0 saturated carbocycles. The summed E-state index contributed by atoms with van der Waals surface area (Å²) in [5, 5.41) is 6.39. The van der Waals surface area contributed by atoms with Crippen molar-refractivity contribution >= 4 is 29.9 Å². The number of para-hydroxylation sites is 1. The molecule has 0 unspecified atom stereocenters. The third kappa shape index (κ3) is 8.28. The van der Waals surface area contributed by atoms with Gasteiger partial charge < -0.3 is 24.8 Å². The fourth-order valence-corrected chi connectivity index (χ4v) is 2.10. The number of guanidine groups is 1. The molecule has 0 atom stereocenters. The Kier molecular flexibility index (Phi) is 11.0. The molecule has 2 aromatic carbocycles. The summed E-state index contributed by atoms with van der Waals surface area (Å²) in [5.74, 6) is 3.13. The average molecular weight is 471 g/mol. The Hall–Kier alpha value is -2.16. The van der Waals surface area contributed by atoms with Crippen LogP contribution in [0.5, 0.6) is 17.2 Å². The molecule has 2 N–H and O–H groups in total. The van der Waals surface area contributed by atoms with Crippen LogP contribution in [-0.2, 0) is 0 Å². The fourth-order valence-electron chi connectivity index (χ4n) is 2.10. The van der Waals surface area contributed by atoms with Crippen LogP contribution in [0.15, 0.2) is 59.6 Å². The van der Waals surface area contributed by atoms with Crippen LogP contribution < -0.4 is 24.8 Å². The maximum atomic E-state index is 5.68. The van der Waals surface area contributed by atoms with E-state index in [2.05, 4.69) is 15.6 Å². The molecule has 0 radical (unpaired) electrons. The van der Waals surface area contributed by atoms with Crippen LogP contribution in [-0.4, -0.2) is 46.4 Å². The molecule has 6 nitrogen and oxygen atoms in total. The summed E-state index contributed by atoms with van der Waals surface area (Å²) in [6.07, 6.45) is 0. The lowest BCUT2D eigenvalue weighted by atomic mass is 10.3. The van der Waals surface area contributed by atoms with Gasteiger partial charge in [-0.05, 0) is 24.3 Å². The van der Waals surface area contributed by atoms with E-state index in [1.807, 2.05) is 54.6 Å². The summed E-state index contributed by atoms with van der Waals surface area (Å²) in [4.78, 5) is 4.17. The maximum absolute atomic E-state index is 5.68. The summed E-state index contributed by atoms with van der Waals surface area (Å²) in [6.45, 7) is 2.38. The Balaban J connectivity index is 0.00000338. The Morgan fingerprint density at radius 1 is 0.846 bits per heavy atom. The normalized spacial score (nSPS) is 10.5. The predicted octanol–water partition coefficient (Wildman–Crippen LogP) is 2.94. The van der Waals surface area contributed by atoms with E-state index >= 15 is 0 Å².